The first-order chi connectivity index (χ1) is 13.1. The maximum atomic E-state index is 12.7. The molecule has 0 fully saturated rings. The summed E-state index contributed by atoms with van der Waals surface area (Å²) in [7, 11) is 5.47. The Morgan fingerprint density at radius 2 is 1.96 bits per heavy atom. The van der Waals surface area contributed by atoms with E-state index in [1.54, 1.807) is 19.3 Å². The highest BCUT2D eigenvalue weighted by molar-refractivity contribution is 6.05. The molecule has 6 heteroatoms. The zero-order valence-electron chi connectivity index (χ0n) is 17.8. The lowest BCUT2D eigenvalue weighted by molar-refractivity contribution is 0.00408. The fourth-order valence-electron chi connectivity index (χ4n) is 3.10. The molecule has 154 valence electrons. The number of nitrogens with zero attached hydrogens (tertiary/aromatic N) is 2. The van der Waals surface area contributed by atoms with Crippen molar-refractivity contribution in [3.05, 3.63) is 47.2 Å². The minimum Gasteiger partial charge on any atom is -0.444 e. The van der Waals surface area contributed by atoms with Crippen molar-refractivity contribution in [3.63, 3.8) is 0 Å². The van der Waals surface area contributed by atoms with E-state index in [4.69, 9.17) is 9.47 Å². The quantitative estimate of drug-likeness (QED) is 0.567. The molecule has 1 heterocycles. The second kappa shape index (κ2) is 9.24. The lowest BCUT2D eigenvalue weighted by atomic mass is 9.92. The van der Waals surface area contributed by atoms with Crippen LogP contribution in [0.15, 0.2) is 30.5 Å². The van der Waals surface area contributed by atoms with Crippen LogP contribution in [0.25, 0.3) is 0 Å². The largest absolute Gasteiger partial charge is 0.444 e. The summed E-state index contributed by atoms with van der Waals surface area (Å²) in [5.41, 5.74) is 2.13. The van der Waals surface area contributed by atoms with Crippen LogP contribution in [0.1, 0.15) is 54.8 Å². The highest BCUT2D eigenvalue weighted by Crippen LogP contribution is 2.30. The van der Waals surface area contributed by atoms with Crippen molar-refractivity contribution in [3.8, 4) is 0 Å². The van der Waals surface area contributed by atoms with Crippen LogP contribution in [0.5, 0.6) is 0 Å². The second-order valence-electron chi connectivity index (χ2n) is 8.34. The van der Waals surface area contributed by atoms with Crippen molar-refractivity contribution in [1.82, 2.24) is 9.80 Å². The van der Waals surface area contributed by atoms with E-state index in [0.717, 1.165) is 24.0 Å². The molecule has 0 radical (unpaired) electrons. The van der Waals surface area contributed by atoms with Crippen LogP contribution in [0.3, 0.4) is 0 Å². The Labute approximate surface area is 168 Å². The normalized spacial score (nSPS) is 17.0. The van der Waals surface area contributed by atoms with Gasteiger partial charge in [-0.05, 0) is 44.7 Å². The maximum absolute atomic E-state index is 12.7. The molecule has 1 unspecified atom stereocenters. The summed E-state index contributed by atoms with van der Waals surface area (Å²) in [6.45, 7) is 6.48. The number of hydrogen-bond acceptors (Lipinski definition) is 5. The molecule has 0 saturated heterocycles. The predicted octanol–water partition coefficient (Wildman–Crippen LogP) is 3.82. The van der Waals surface area contributed by atoms with E-state index in [1.807, 2.05) is 58.0 Å². The Morgan fingerprint density at radius 1 is 1.25 bits per heavy atom. The van der Waals surface area contributed by atoms with E-state index in [2.05, 4.69) is 0 Å². The standard InChI is InChI=1S/C22H32N2O4/c1-22(2,3)28-21(26)24(6)15-20-18-10-7-9-17(16(18)11-8-14-27-20)19(25)12-13-23(4)5/h7,9-10,12-13,20H,8,11,14-15H2,1-6H3/b13-12+. The summed E-state index contributed by atoms with van der Waals surface area (Å²) < 4.78 is 11.5. The van der Waals surface area contributed by atoms with Gasteiger partial charge in [0.2, 0.25) is 0 Å². The van der Waals surface area contributed by atoms with Gasteiger partial charge in [-0.15, -0.1) is 0 Å². The molecule has 0 aromatic heterocycles. The summed E-state index contributed by atoms with van der Waals surface area (Å²) >= 11 is 0. The summed E-state index contributed by atoms with van der Waals surface area (Å²) in [6, 6.07) is 5.73. The highest BCUT2D eigenvalue weighted by atomic mass is 16.6. The van der Waals surface area contributed by atoms with Gasteiger partial charge in [-0.1, -0.05) is 18.2 Å². The van der Waals surface area contributed by atoms with Gasteiger partial charge in [0, 0.05) is 45.6 Å². The number of carbonyl (C=O) groups is 2. The van der Waals surface area contributed by atoms with Crippen molar-refractivity contribution in [2.75, 3.05) is 34.3 Å². The highest BCUT2D eigenvalue weighted by Gasteiger charge is 2.27. The van der Waals surface area contributed by atoms with Crippen LogP contribution < -0.4 is 0 Å². The first-order valence-corrected chi connectivity index (χ1v) is 9.65. The number of hydrogen-bond donors (Lipinski definition) is 0. The summed E-state index contributed by atoms with van der Waals surface area (Å²) in [4.78, 5) is 28.4. The van der Waals surface area contributed by atoms with E-state index in [-0.39, 0.29) is 18.0 Å². The van der Waals surface area contributed by atoms with Gasteiger partial charge in [-0.3, -0.25) is 4.79 Å². The molecule has 1 amide bonds. The zero-order chi connectivity index (χ0) is 20.9. The predicted molar refractivity (Wildman–Crippen MR) is 109 cm³/mol. The second-order valence-corrected chi connectivity index (χ2v) is 8.34. The molecular formula is C22H32N2O4. The molecule has 1 aromatic carbocycles. The van der Waals surface area contributed by atoms with Gasteiger partial charge in [-0.2, -0.15) is 0 Å². The Morgan fingerprint density at radius 3 is 2.61 bits per heavy atom. The number of benzene rings is 1. The number of fused-ring (bicyclic) bond motifs is 1. The van der Waals surface area contributed by atoms with Gasteiger partial charge in [0.05, 0.1) is 6.54 Å². The lowest BCUT2D eigenvalue weighted by Gasteiger charge is -2.28. The summed E-state index contributed by atoms with van der Waals surface area (Å²) in [5, 5.41) is 0. The van der Waals surface area contributed by atoms with E-state index >= 15 is 0 Å². The molecule has 0 N–H and O–H groups in total. The lowest BCUT2D eigenvalue weighted by Crippen LogP contribution is -2.37. The summed E-state index contributed by atoms with van der Waals surface area (Å²) in [5.74, 6) is -0.0216. The molecule has 1 aliphatic rings. The average molecular weight is 389 g/mol. The molecular weight excluding hydrogens is 356 g/mol. The van der Waals surface area contributed by atoms with Crippen LogP contribution in [0, 0.1) is 0 Å². The van der Waals surface area contributed by atoms with Crippen LogP contribution in [-0.2, 0) is 15.9 Å². The van der Waals surface area contributed by atoms with Crippen molar-refractivity contribution in [2.24, 2.45) is 0 Å². The van der Waals surface area contributed by atoms with E-state index in [9.17, 15) is 9.59 Å². The van der Waals surface area contributed by atoms with Crippen molar-refractivity contribution in [2.45, 2.75) is 45.3 Å². The van der Waals surface area contributed by atoms with Crippen LogP contribution in [0.4, 0.5) is 4.79 Å². The van der Waals surface area contributed by atoms with Crippen LogP contribution >= 0.6 is 0 Å². The summed E-state index contributed by atoms with van der Waals surface area (Å²) in [6.07, 6.45) is 4.27. The van der Waals surface area contributed by atoms with Gasteiger partial charge >= 0.3 is 6.09 Å². The van der Waals surface area contributed by atoms with E-state index < -0.39 is 5.60 Å². The van der Waals surface area contributed by atoms with Crippen molar-refractivity contribution >= 4 is 11.9 Å². The zero-order valence-corrected chi connectivity index (χ0v) is 17.8. The van der Waals surface area contributed by atoms with Gasteiger partial charge in [0.25, 0.3) is 0 Å². The molecule has 2 rings (SSSR count). The first kappa shape index (κ1) is 22.0. The minimum absolute atomic E-state index is 0.0216. The molecule has 1 aromatic rings. The Bertz CT molecular complexity index is 735. The van der Waals surface area contributed by atoms with E-state index in [0.29, 0.717) is 18.7 Å². The number of ether oxygens (including phenoxy) is 2. The number of rotatable bonds is 5. The molecule has 0 aliphatic carbocycles. The fraction of sp³-hybridized carbons (Fsp3) is 0.545. The monoisotopic (exact) mass is 388 g/mol. The molecule has 0 spiro atoms. The van der Waals surface area contributed by atoms with Gasteiger partial charge in [0.15, 0.2) is 5.78 Å². The fourth-order valence-corrected chi connectivity index (χ4v) is 3.10. The molecule has 0 bridgehead atoms. The Hall–Kier alpha value is -2.34. The molecule has 1 atom stereocenters. The maximum Gasteiger partial charge on any atom is 0.410 e. The number of ketones is 1. The van der Waals surface area contributed by atoms with Crippen LogP contribution in [-0.4, -0.2) is 61.6 Å². The number of amides is 1. The number of allylic oxidation sites excluding steroid dienone is 1. The number of carbonyl (C=O) groups excluding carboxylic acids is 2. The molecule has 6 nitrogen and oxygen atoms in total. The smallest absolute Gasteiger partial charge is 0.410 e. The van der Waals surface area contributed by atoms with Gasteiger partial charge in [0.1, 0.15) is 11.7 Å². The van der Waals surface area contributed by atoms with Crippen LogP contribution in [0.2, 0.25) is 0 Å². The van der Waals surface area contributed by atoms with E-state index in [1.165, 1.54) is 4.90 Å². The SMILES string of the molecule is CN(C)/C=C/C(=O)c1cccc2c1CCCOC2CN(C)C(=O)OC(C)(C)C. The average Bonchev–Trinajstić information content (AvgIpc) is 2.80. The minimum atomic E-state index is -0.550. The Balaban J connectivity index is 2.26. The first-order valence-electron chi connectivity index (χ1n) is 9.65. The molecule has 0 saturated carbocycles. The topological polar surface area (TPSA) is 59.1 Å². The molecule has 1 aliphatic heterocycles. The van der Waals surface area contributed by atoms with Gasteiger partial charge < -0.3 is 19.3 Å². The van der Waals surface area contributed by atoms with Gasteiger partial charge in [-0.25, -0.2) is 4.79 Å². The third-order valence-corrected chi connectivity index (χ3v) is 4.38. The van der Waals surface area contributed by atoms with Crippen molar-refractivity contribution in [1.29, 1.82) is 0 Å². The third-order valence-electron chi connectivity index (χ3n) is 4.38. The third kappa shape index (κ3) is 6.09. The Kier molecular flexibility index (Phi) is 7.24. The number of likely N-dealkylation sites (N-methyl/N-ethyl adjacent to an activating group) is 1. The molecule has 28 heavy (non-hydrogen) atoms. The van der Waals surface area contributed by atoms with Crippen molar-refractivity contribution < 1.29 is 19.1 Å².